The Hall–Kier alpha value is -2.65. The second kappa shape index (κ2) is 44.2. The van der Waals surface area contributed by atoms with Crippen LogP contribution in [0.15, 0.2) is 18.2 Å². The second-order valence-corrected chi connectivity index (χ2v) is 18.7. The summed E-state index contributed by atoms with van der Waals surface area (Å²) in [7, 11) is 4.00. The molecule has 0 fully saturated rings. The number of unbranched alkanes of at least 4 members (excludes halogenated alkanes) is 23. The van der Waals surface area contributed by atoms with Crippen molar-refractivity contribution in [2.75, 3.05) is 40.5 Å². The highest BCUT2D eigenvalue weighted by Crippen LogP contribution is 2.24. The number of benzene rings is 1. The normalized spacial score (nSPS) is 11.4. The number of esters is 3. The zero-order chi connectivity index (χ0) is 46.6. The van der Waals surface area contributed by atoms with E-state index in [0.29, 0.717) is 45.7 Å². The Kier molecular flexibility index (Phi) is 41.0. The van der Waals surface area contributed by atoms with Crippen LogP contribution in [0, 0.1) is 0 Å². The van der Waals surface area contributed by atoms with Gasteiger partial charge in [-0.05, 0) is 103 Å². The number of rotatable bonds is 47. The van der Waals surface area contributed by atoms with Crippen LogP contribution in [-0.2, 0) is 46.5 Å². The molecule has 0 bridgehead atoms. The Labute approximate surface area is 393 Å². The minimum absolute atomic E-state index is 0.0274. The van der Waals surface area contributed by atoms with Gasteiger partial charge in [-0.15, -0.1) is 0 Å². The maximum absolute atomic E-state index is 12.8. The molecular formula is C55H99NO8. The van der Waals surface area contributed by atoms with Crippen molar-refractivity contribution in [3.05, 3.63) is 29.3 Å². The van der Waals surface area contributed by atoms with E-state index in [9.17, 15) is 14.4 Å². The van der Waals surface area contributed by atoms with Gasteiger partial charge < -0.3 is 28.6 Å². The van der Waals surface area contributed by atoms with Crippen LogP contribution in [0.4, 0.5) is 0 Å². The van der Waals surface area contributed by atoms with E-state index < -0.39 is 0 Å². The molecule has 0 unspecified atom stereocenters. The third-order valence-electron chi connectivity index (χ3n) is 12.0. The summed E-state index contributed by atoms with van der Waals surface area (Å²) in [5.41, 5.74) is 1.87. The third-order valence-corrected chi connectivity index (χ3v) is 12.0. The van der Waals surface area contributed by atoms with Crippen LogP contribution in [0.3, 0.4) is 0 Å². The van der Waals surface area contributed by atoms with E-state index in [0.717, 1.165) is 126 Å². The Morgan fingerprint density at radius 3 is 1.53 bits per heavy atom. The summed E-state index contributed by atoms with van der Waals surface area (Å²) < 4.78 is 29.4. The second-order valence-electron chi connectivity index (χ2n) is 18.7. The maximum atomic E-state index is 12.8. The fourth-order valence-corrected chi connectivity index (χ4v) is 7.98. The maximum Gasteiger partial charge on any atom is 0.306 e. The Bertz CT molecular complexity index is 1220. The minimum Gasteiger partial charge on any atom is -0.493 e. The summed E-state index contributed by atoms with van der Waals surface area (Å²) >= 11 is 0. The molecule has 1 rings (SSSR count). The zero-order valence-electron chi connectivity index (χ0n) is 42.3. The van der Waals surface area contributed by atoms with Crippen LogP contribution in [0.5, 0.6) is 5.75 Å². The van der Waals surface area contributed by atoms with Crippen molar-refractivity contribution >= 4 is 17.9 Å². The van der Waals surface area contributed by atoms with E-state index in [1.54, 1.807) is 0 Å². The Balaban J connectivity index is 2.42. The summed E-state index contributed by atoms with van der Waals surface area (Å²) in [6, 6.07) is 6.03. The first-order valence-electron chi connectivity index (χ1n) is 26.8. The Morgan fingerprint density at radius 1 is 0.484 bits per heavy atom. The van der Waals surface area contributed by atoms with Crippen LogP contribution < -0.4 is 4.74 Å². The van der Waals surface area contributed by atoms with Crippen molar-refractivity contribution in [1.29, 1.82) is 0 Å². The molecule has 0 heterocycles. The van der Waals surface area contributed by atoms with Crippen LogP contribution >= 0.6 is 0 Å². The summed E-state index contributed by atoms with van der Waals surface area (Å²) in [5.74, 6) is 0.439. The van der Waals surface area contributed by atoms with Crippen LogP contribution in [-0.4, -0.2) is 69.4 Å². The first-order chi connectivity index (χ1) is 31.3. The van der Waals surface area contributed by atoms with Crippen molar-refractivity contribution < 1.29 is 38.1 Å². The molecule has 372 valence electrons. The Morgan fingerprint density at radius 2 is 0.953 bits per heavy atom. The molecule has 9 heteroatoms. The van der Waals surface area contributed by atoms with Gasteiger partial charge in [-0.2, -0.15) is 0 Å². The van der Waals surface area contributed by atoms with Gasteiger partial charge in [-0.25, -0.2) is 0 Å². The molecule has 0 aliphatic heterocycles. The first-order valence-corrected chi connectivity index (χ1v) is 26.8. The standard InChI is InChI=1S/C55H99NO8/c1-6-9-12-15-18-24-33-45-62-53(57)37-29-22-19-25-32-44-61-52-41-40-49(46-50(52)48-63-54(58)39-34-42-56(4)5)47-60-43-31-26-23-30-38-55(59)64-51(35-27-20-16-13-10-7-2)36-28-21-17-14-11-8-3/h40-41,46,51H,6-39,42-45,47-48H2,1-5H3. The van der Waals surface area contributed by atoms with Gasteiger partial charge in [0.25, 0.3) is 0 Å². The van der Waals surface area contributed by atoms with Gasteiger partial charge in [0.1, 0.15) is 18.5 Å². The zero-order valence-corrected chi connectivity index (χ0v) is 42.3. The molecule has 0 aliphatic carbocycles. The van der Waals surface area contributed by atoms with Crippen LogP contribution in [0.25, 0.3) is 0 Å². The fraction of sp³-hybridized carbons (Fsp3) is 0.836. The van der Waals surface area contributed by atoms with Gasteiger partial charge in [-0.1, -0.05) is 162 Å². The summed E-state index contributed by atoms with van der Waals surface area (Å²) in [5, 5.41) is 0. The largest absolute Gasteiger partial charge is 0.493 e. The molecule has 0 saturated heterocycles. The lowest BCUT2D eigenvalue weighted by Crippen LogP contribution is -2.18. The van der Waals surface area contributed by atoms with Gasteiger partial charge in [-0.3, -0.25) is 14.4 Å². The van der Waals surface area contributed by atoms with Gasteiger partial charge in [0.05, 0.1) is 19.8 Å². The molecule has 9 nitrogen and oxygen atoms in total. The van der Waals surface area contributed by atoms with E-state index >= 15 is 0 Å². The summed E-state index contributed by atoms with van der Waals surface area (Å²) in [4.78, 5) is 39.5. The highest BCUT2D eigenvalue weighted by molar-refractivity contribution is 5.70. The SMILES string of the molecule is CCCCCCCCCOC(=O)CCCCCCCOc1ccc(COCCCCCCC(=O)OC(CCCCCCCC)CCCCCCCC)cc1COC(=O)CCCN(C)C. The average Bonchev–Trinajstić information content (AvgIpc) is 3.28. The highest BCUT2D eigenvalue weighted by Gasteiger charge is 2.15. The molecule has 0 amide bonds. The van der Waals surface area contributed by atoms with Crippen molar-refractivity contribution in [2.45, 2.75) is 258 Å². The predicted molar refractivity (Wildman–Crippen MR) is 265 cm³/mol. The highest BCUT2D eigenvalue weighted by atomic mass is 16.5. The number of hydrogen-bond acceptors (Lipinski definition) is 9. The van der Waals surface area contributed by atoms with E-state index in [-0.39, 0.29) is 30.6 Å². The van der Waals surface area contributed by atoms with E-state index in [4.69, 9.17) is 23.7 Å². The molecule has 0 saturated carbocycles. The molecule has 0 atom stereocenters. The van der Waals surface area contributed by atoms with Crippen molar-refractivity contribution in [2.24, 2.45) is 0 Å². The van der Waals surface area contributed by atoms with Gasteiger partial charge in [0.2, 0.25) is 0 Å². The quantitative estimate of drug-likeness (QED) is 0.0359. The van der Waals surface area contributed by atoms with Gasteiger partial charge in [0.15, 0.2) is 0 Å². The first kappa shape index (κ1) is 59.4. The fourth-order valence-electron chi connectivity index (χ4n) is 7.98. The number of hydrogen-bond donors (Lipinski definition) is 0. The molecule has 1 aromatic rings. The topological polar surface area (TPSA) is 101 Å². The summed E-state index contributed by atoms with van der Waals surface area (Å²) in [6.07, 6.45) is 36.6. The average molecular weight is 902 g/mol. The molecule has 0 spiro atoms. The van der Waals surface area contributed by atoms with E-state index in [1.807, 2.05) is 32.3 Å². The van der Waals surface area contributed by atoms with E-state index in [2.05, 4.69) is 25.7 Å². The van der Waals surface area contributed by atoms with Crippen molar-refractivity contribution in [3.63, 3.8) is 0 Å². The van der Waals surface area contributed by atoms with Gasteiger partial charge in [0, 0.05) is 31.4 Å². The summed E-state index contributed by atoms with van der Waals surface area (Å²) in [6.45, 7) is 10.0. The lowest BCUT2D eigenvalue weighted by molar-refractivity contribution is -0.150. The smallest absolute Gasteiger partial charge is 0.306 e. The monoisotopic (exact) mass is 902 g/mol. The number of carbonyl (C=O) groups excluding carboxylic acids is 3. The minimum atomic E-state index is -0.203. The molecule has 0 aromatic heterocycles. The lowest BCUT2D eigenvalue weighted by atomic mass is 10.0. The van der Waals surface area contributed by atoms with Gasteiger partial charge >= 0.3 is 17.9 Å². The molecule has 0 N–H and O–H groups in total. The number of ether oxygens (including phenoxy) is 5. The molecule has 1 aromatic carbocycles. The van der Waals surface area contributed by atoms with Crippen molar-refractivity contribution in [1.82, 2.24) is 4.90 Å². The van der Waals surface area contributed by atoms with Crippen LogP contribution in [0.2, 0.25) is 0 Å². The van der Waals surface area contributed by atoms with Crippen LogP contribution in [0.1, 0.15) is 250 Å². The molecule has 0 aliphatic rings. The lowest BCUT2D eigenvalue weighted by Gasteiger charge is -2.18. The molecule has 0 radical (unpaired) electrons. The third kappa shape index (κ3) is 37.6. The molecular weight excluding hydrogens is 803 g/mol. The predicted octanol–water partition coefficient (Wildman–Crippen LogP) is 15.0. The van der Waals surface area contributed by atoms with E-state index in [1.165, 1.54) is 96.3 Å². The number of nitrogens with zero attached hydrogens (tertiary/aromatic N) is 1. The number of carbonyl (C=O) groups is 3. The molecule has 64 heavy (non-hydrogen) atoms. The van der Waals surface area contributed by atoms with Crippen molar-refractivity contribution in [3.8, 4) is 5.75 Å².